The van der Waals surface area contributed by atoms with Gasteiger partial charge in [-0.2, -0.15) is 0 Å². The van der Waals surface area contributed by atoms with Gasteiger partial charge in [-0.05, 0) is 37.5 Å². The summed E-state index contributed by atoms with van der Waals surface area (Å²) in [6.07, 6.45) is 8.55. The van der Waals surface area contributed by atoms with E-state index in [-0.39, 0.29) is 0 Å². The van der Waals surface area contributed by atoms with Gasteiger partial charge in [-0.3, -0.25) is 0 Å². The van der Waals surface area contributed by atoms with Crippen LogP contribution in [0.2, 0.25) is 0 Å². The zero-order chi connectivity index (χ0) is 13.0. The van der Waals surface area contributed by atoms with E-state index in [0.29, 0.717) is 11.4 Å². The van der Waals surface area contributed by atoms with Crippen LogP contribution in [0.5, 0.6) is 0 Å². The van der Waals surface area contributed by atoms with Crippen molar-refractivity contribution < 1.29 is 4.79 Å². The topological polar surface area (TPSA) is 23.6 Å². The standard InChI is InChI=1S/C15H28N2O/c1-3-15(4-2)9-12-17(13-15)14(18)16-10-7-5-6-8-11-16/h3-13H2,1-2H3. The Morgan fingerprint density at radius 3 is 2.06 bits per heavy atom. The summed E-state index contributed by atoms with van der Waals surface area (Å²) in [5.74, 6) is 0. The van der Waals surface area contributed by atoms with Gasteiger partial charge in [-0.25, -0.2) is 4.79 Å². The number of amides is 2. The molecule has 0 spiro atoms. The minimum Gasteiger partial charge on any atom is -0.325 e. The van der Waals surface area contributed by atoms with Crippen molar-refractivity contribution in [3.63, 3.8) is 0 Å². The van der Waals surface area contributed by atoms with Crippen LogP contribution in [0.15, 0.2) is 0 Å². The Hall–Kier alpha value is -0.730. The summed E-state index contributed by atoms with van der Waals surface area (Å²) in [5.41, 5.74) is 0.404. The summed E-state index contributed by atoms with van der Waals surface area (Å²) in [4.78, 5) is 16.7. The van der Waals surface area contributed by atoms with Gasteiger partial charge in [0.15, 0.2) is 0 Å². The Bertz CT molecular complexity index is 278. The first-order valence-electron chi connectivity index (χ1n) is 7.74. The molecule has 0 saturated carbocycles. The van der Waals surface area contributed by atoms with Crippen LogP contribution in [0.4, 0.5) is 4.79 Å². The molecular weight excluding hydrogens is 224 g/mol. The molecule has 2 rings (SSSR count). The van der Waals surface area contributed by atoms with Crippen molar-refractivity contribution >= 4 is 6.03 Å². The van der Waals surface area contributed by atoms with Gasteiger partial charge in [-0.15, -0.1) is 0 Å². The Morgan fingerprint density at radius 1 is 0.944 bits per heavy atom. The minimum absolute atomic E-state index is 0.306. The van der Waals surface area contributed by atoms with Crippen LogP contribution >= 0.6 is 0 Å². The SMILES string of the molecule is CCC1(CC)CCN(C(=O)N2CCCCCC2)C1. The third-order valence-electron chi connectivity index (χ3n) is 5.09. The zero-order valence-electron chi connectivity index (χ0n) is 12.1. The maximum absolute atomic E-state index is 12.5. The first-order valence-corrected chi connectivity index (χ1v) is 7.74. The van der Waals surface area contributed by atoms with Gasteiger partial charge in [0.2, 0.25) is 0 Å². The molecule has 0 aromatic carbocycles. The smallest absolute Gasteiger partial charge is 0.320 e. The maximum atomic E-state index is 12.5. The van der Waals surface area contributed by atoms with E-state index in [4.69, 9.17) is 0 Å². The van der Waals surface area contributed by atoms with E-state index in [2.05, 4.69) is 23.6 Å². The molecule has 2 saturated heterocycles. The summed E-state index contributed by atoms with van der Waals surface area (Å²) >= 11 is 0. The molecule has 0 N–H and O–H groups in total. The molecule has 0 aromatic heterocycles. The predicted octanol–water partition coefficient (Wildman–Crippen LogP) is 3.49. The van der Waals surface area contributed by atoms with Gasteiger partial charge in [0, 0.05) is 26.2 Å². The van der Waals surface area contributed by atoms with Crippen LogP contribution in [-0.2, 0) is 0 Å². The number of hydrogen-bond acceptors (Lipinski definition) is 1. The van der Waals surface area contributed by atoms with E-state index in [1.165, 1.54) is 44.9 Å². The van der Waals surface area contributed by atoms with Crippen LogP contribution in [0.3, 0.4) is 0 Å². The lowest BCUT2D eigenvalue weighted by Gasteiger charge is -2.30. The van der Waals surface area contributed by atoms with Crippen LogP contribution in [0.1, 0.15) is 58.8 Å². The van der Waals surface area contributed by atoms with Gasteiger partial charge in [0.05, 0.1) is 0 Å². The highest BCUT2D eigenvalue weighted by atomic mass is 16.2. The molecule has 2 aliphatic rings. The van der Waals surface area contributed by atoms with Crippen molar-refractivity contribution in [2.75, 3.05) is 26.2 Å². The average Bonchev–Trinajstić information content (AvgIpc) is 2.66. The lowest BCUT2D eigenvalue weighted by atomic mass is 9.82. The van der Waals surface area contributed by atoms with E-state index in [1.807, 2.05) is 0 Å². The predicted molar refractivity (Wildman–Crippen MR) is 74.6 cm³/mol. The van der Waals surface area contributed by atoms with Gasteiger partial charge in [-0.1, -0.05) is 26.7 Å². The van der Waals surface area contributed by atoms with E-state index in [9.17, 15) is 4.79 Å². The van der Waals surface area contributed by atoms with Crippen LogP contribution in [0, 0.1) is 5.41 Å². The summed E-state index contributed by atoms with van der Waals surface area (Å²) in [7, 11) is 0. The number of rotatable bonds is 2. The monoisotopic (exact) mass is 252 g/mol. The Labute approximate surface area is 112 Å². The van der Waals surface area contributed by atoms with Crippen molar-refractivity contribution in [2.24, 2.45) is 5.41 Å². The molecule has 2 heterocycles. The minimum atomic E-state index is 0.306. The highest BCUT2D eigenvalue weighted by Crippen LogP contribution is 2.37. The number of carbonyl (C=O) groups excluding carboxylic acids is 1. The van der Waals surface area contributed by atoms with E-state index in [0.717, 1.165) is 26.2 Å². The van der Waals surface area contributed by atoms with E-state index >= 15 is 0 Å². The molecule has 0 aliphatic carbocycles. The van der Waals surface area contributed by atoms with Crippen molar-refractivity contribution in [1.82, 2.24) is 9.80 Å². The third-order valence-corrected chi connectivity index (χ3v) is 5.09. The molecule has 104 valence electrons. The number of carbonyl (C=O) groups is 1. The molecular formula is C15H28N2O. The molecule has 3 heteroatoms. The second-order valence-corrected chi connectivity index (χ2v) is 6.06. The molecule has 2 amide bonds. The zero-order valence-corrected chi connectivity index (χ0v) is 12.1. The van der Waals surface area contributed by atoms with Gasteiger partial charge < -0.3 is 9.80 Å². The fourth-order valence-corrected chi connectivity index (χ4v) is 3.39. The maximum Gasteiger partial charge on any atom is 0.320 e. The van der Waals surface area contributed by atoms with Gasteiger partial charge in [0.25, 0.3) is 0 Å². The highest BCUT2D eigenvalue weighted by molar-refractivity contribution is 5.74. The fraction of sp³-hybridized carbons (Fsp3) is 0.933. The number of likely N-dealkylation sites (tertiary alicyclic amines) is 2. The average molecular weight is 252 g/mol. The Kier molecular flexibility index (Phi) is 4.52. The molecule has 3 nitrogen and oxygen atoms in total. The van der Waals surface area contributed by atoms with Gasteiger partial charge in [0.1, 0.15) is 0 Å². The molecule has 18 heavy (non-hydrogen) atoms. The molecule has 0 unspecified atom stereocenters. The van der Waals surface area contributed by atoms with Crippen molar-refractivity contribution in [3.05, 3.63) is 0 Å². The Morgan fingerprint density at radius 2 is 1.56 bits per heavy atom. The number of urea groups is 1. The third kappa shape index (κ3) is 2.81. The van der Waals surface area contributed by atoms with Crippen molar-refractivity contribution in [3.8, 4) is 0 Å². The largest absolute Gasteiger partial charge is 0.325 e. The molecule has 2 aliphatic heterocycles. The van der Waals surface area contributed by atoms with E-state index < -0.39 is 0 Å². The normalized spacial score (nSPS) is 24.1. The van der Waals surface area contributed by atoms with Crippen LogP contribution in [0.25, 0.3) is 0 Å². The fourth-order valence-electron chi connectivity index (χ4n) is 3.39. The highest BCUT2D eigenvalue weighted by Gasteiger charge is 2.38. The van der Waals surface area contributed by atoms with Crippen LogP contribution in [-0.4, -0.2) is 42.0 Å². The second kappa shape index (κ2) is 5.94. The first kappa shape index (κ1) is 13.7. The quantitative estimate of drug-likeness (QED) is 0.738. The van der Waals surface area contributed by atoms with Crippen molar-refractivity contribution in [2.45, 2.75) is 58.8 Å². The molecule has 2 fully saturated rings. The number of hydrogen-bond donors (Lipinski definition) is 0. The second-order valence-electron chi connectivity index (χ2n) is 6.06. The Balaban J connectivity index is 1.93. The summed E-state index contributed by atoms with van der Waals surface area (Å²) in [5, 5.41) is 0. The number of nitrogens with zero attached hydrogens (tertiary/aromatic N) is 2. The van der Waals surface area contributed by atoms with E-state index in [1.54, 1.807) is 0 Å². The molecule has 0 aromatic rings. The first-order chi connectivity index (χ1) is 8.71. The summed E-state index contributed by atoms with van der Waals surface area (Å²) < 4.78 is 0. The van der Waals surface area contributed by atoms with Crippen LogP contribution < -0.4 is 0 Å². The molecule has 0 radical (unpaired) electrons. The molecule has 0 bridgehead atoms. The lowest BCUT2D eigenvalue weighted by Crippen LogP contribution is -2.43. The summed E-state index contributed by atoms with van der Waals surface area (Å²) in [6.45, 7) is 8.43. The van der Waals surface area contributed by atoms with Crippen molar-refractivity contribution in [1.29, 1.82) is 0 Å². The molecule has 0 atom stereocenters. The summed E-state index contributed by atoms with van der Waals surface area (Å²) in [6, 6.07) is 0.306. The lowest BCUT2D eigenvalue weighted by molar-refractivity contribution is 0.156. The van der Waals surface area contributed by atoms with Gasteiger partial charge >= 0.3 is 6.03 Å².